The third kappa shape index (κ3) is 4.52. The van der Waals surface area contributed by atoms with Gasteiger partial charge in [0.15, 0.2) is 0 Å². The first-order valence-electron chi connectivity index (χ1n) is 21.1. The molecule has 1 N–H and O–H groups in total. The van der Waals surface area contributed by atoms with E-state index in [0.717, 1.165) is 39.0 Å². The van der Waals surface area contributed by atoms with Crippen molar-refractivity contribution in [2.75, 3.05) is 4.90 Å². The maximum atomic E-state index is 6.31. The molecule has 0 unspecified atom stereocenters. The normalized spacial score (nSPS) is 13.5. The lowest BCUT2D eigenvalue weighted by Gasteiger charge is -2.28. The Balaban J connectivity index is 0.948. The largest absolute Gasteiger partial charge is 0.456 e. The molecule has 4 heteroatoms. The molecule has 3 nitrogen and oxygen atoms in total. The van der Waals surface area contributed by atoms with Gasteiger partial charge in [0.1, 0.15) is 11.2 Å². The van der Waals surface area contributed by atoms with E-state index in [0.29, 0.717) is 0 Å². The molecule has 0 radical (unpaired) electrons. The van der Waals surface area contributed by atoms with Gasteiger partial charge in [-0.05, 0) is 116 Å². The minimum Gasteiger partial charge on any atom is -0.456 e. The minimum atomic E-state index is -0.244. The summed E-state index contributed by atoms with van der Waals surface area (Å²) in [6.07, 6.45) is 0. The molecular formula is C57H36N2OS. The van der Waals surface area contributed by atoms with Crippen LogP contribution in [0, 0.1) is 0 Å². The maximum absolute atomic E-state index is 6.31. The van der Waals surface area contributed by atoms with Crippen molar-refractivity contribution in [1.29, 1.82) is 0 Å². The molecule has 61 heavy (non-hydrogen) atoms. The van der Waals surface area contributed by atoms with Gasteiger partial charge >= 0.3 is 0 Å². The number of fused-ring (bicyclic) bond motifs is 12. The zero-order valence-electron chi connectivity index (χ0n) is 33.5. The molecule has 0 spiro atoms. The van der Waals surface area contributed by atoms with Crippen LogP contribution in [0.3, 0.4) is 0 Å². The van der Waals surface area contributed by atoms with Gasteiger partial charge in [-0.25, -0.2) is 0 Å². The molecule has 0 amide bonds. The highest BCUT2D eigenvalue weighted by molar-refractivity contribution is 7.26. The van der Waals surface area contributed by atoms with Crippen LogP contribution in [0.25, 0.3) is 108 Å². The summed E-state index contributed by atoms with van der Waals surface area (Å²) in [7, 11) is 0. The number of hydrogen-bond acceptors (Lipinski definition) is 3. The maximum Gasteiger partial charge on any atom is 0.135 e. The van der Waals surface area contributed by atoms with Gasteiger partial charge in [-0.1, -0.05) is 123 Å². The molecule has 286 valence electrons. The van der Waals surface area contributed by atoms with Crippen molar-refractivity contribution in [1.82, 2.24) is 4.98 Å². The molecule has 10 aromatic carbocycles. The first-order chi connectivity index (χ1) is 30.0. The first kappa shape index (κ1) is 33.4. The van der Waals surface area contributed by atoms with Crippen molar-refractivity contribution < 1.29 is 4.42 Å². The number of hydrogen-bond donors (Lipinski definition) is 1. The molecule has 14 rings (SSSR count). The summed E-state index contributed by atoms with van der Waals surface area (Å²) < 4.78 is 9.02. The Hall–Kier alpha value is -7.40. The summed E-state index contributed by atoms with van der Waals surface area (Å²) in [5.41, 5.74) is 15.1. The molecule has 0 aliphatic heterocycles. The van der Waals surface area contributed by atoms with Gasteiger partial charge in [-0.3, -0.25) is 0 Å². The van der Waals surface area contributed by atoms with Gasteiger partial charge in [0, 0.05) is 80.6 Å². The Labute approximate surface area is 355 Å². The van der Waals surface area contributed by atoms with E-state index in [9.17, 15) is 0 Å². The summed E-state index contributed by atoms with van der Waals surface area (Å²) >= 11 is 1.91. The molecule has 1 aliphatic rings. The van der Waals surface area contributed by atoms with Crippen molar-refractivity contribution in [2.45, 2.75) is 19.3 Å². The number of benzene rings is 10. The third-order valence-corrected chi connectivity index (χ3v) is 14.9. The highest BCUT2D eigenvalue weighted by Crippen LogP contribution is 2.56. The Bertz CT molecular complexity index is 3970. The van der Waals surface area contributed by atoms with E-state index < -0.39 is 0 Å². The summed E-state index contributed by atoms with van der Waals surface area (Å²) in [5.74, 6) is 0. The lowest BCUT2D eigenvalue weighted by Crippen LogP contribution is -2.17. The van der Waals surface area contributed by atoms with E-state index in [2.05, 4.69) is 194 Å². The molecule has 0 fully saturated rings. The third-order valence-electron chi connectivity index (χ3n) is 13.7. The second-order valence-corrected chi connectivity index (χ2v) is 18.4. The smallest absolute Gasteiger partial charge is 0.135 e. The van der Waals surface area contributed by atoms with Crippen LogP contribution < -0.4 is 4.90 Å². The fraction of sp³-hybridized carbons (Fsp3) is 0.0526. The SMILES string of the molecule is CC1(C)c2cc(N(c3ccc(-c4cccc5ccccc45)cc3)c3ccc4oc5ccccc5c4c3)ccc2-c2cc3[nH]c4cc5c6ccccc6sc5c5ccc(c21)c3c45. The van der Waals surface area contributed by atoms with Gasteiger partial charge in [0.25, 0.3) is 0 Å². The van der Waals surface area contributed by atoms with Crippen LogP contribution in [0.4, 0.5) is 17.1 Å². The number of H-pyrrole nitrogens is 1. The molecule has 1 aliphatic carbocycles. The monoisotopic (exact) mass is 796 g/mol. The Morgan fingerprint density at radius 1 is 0.475 bits per heavy atom. The average Bonchev–Trinajstić information content (AvgIpc) is 4.04. The Kier molecular flexibility index (Phi) is 6.51. The van der Waals surface area contributed by atoms with Crippen molar-refractivity contribution in [2.24, 2.45) is 0 Å². The van der Waals surface area contributed by atoms with Crippen LogP contribution >= 0.6 is 11.3 Å². The molecule has 3 heterocycles. The van der Waals surface area contributed by atoms with E-state index in [-0.39, 0.29) is 5.41 Å². The van der Waals surface area contributed by atoms with Crippen LogP contribution in [0.15, 0.2) is 180 Å². The number of nitrogens with zero attached hydrogens (tertiary/aromatic N) is 1. The van der Waals surface area contributed by atoms with Crippen LogP contribution in [0.1, 0.15) is 25.0 Å². The second kappa shape index (κ2) is 11.9. The van der Waals surface area contributed by atoms with Crippen LogP contribution in [0.5, 0.6) is 0 Å². The number of furan rings is 1. The zero-order valence-corrected chi connectivity index (χ0v) is 34.3. The topological polar surface area (TPSA) is 32.2 Å². The molecular weight excluding hydrogens is 761 g/mol. The highest BCUT2D eigenvalue weighted by atomic mass is 32.1. The van der Waals surface area contributed by atoms with E-state index in [1.165, 1.54) is 96.9 Å². The molecule has 0 atom stereocenters. The molecule has 0 saturated carbocycles. The predicted molar refractivity (Wildman–Crippen MR) is 260 cm³/mol. The number of thiophene rings is 1. The second-order valence-electron chi connectivity index (χ2n) is 17.3. The van der Waals surface area contributed by atoms with E-state index in [1.54, 1.807) is 0 Å². The lowest BCUT2D eigenvalue weighted by molar-refractivity contribution is 0.666. The molecule has 0 bridgehead atoms. The Morgan fingerprint density at radius 3 is 2.07 bits per heavy atom. The average molecular weight is 797 g/mol. The molecule has 0 saturated heterocycles. The summed E-state index contributed by atoms with van der Waals surface area (Å²) in [5, 5.41) is 12.8. The number of anilines is 3. The number of nitrogens with one attached hydrogen (secondary N) is 1. The highest BCUT2D eigenvalue weighted by Gasteiger charge is 2.39. The van der Waals surface area contributed by atoms with E-state index in [1.807, 2.05) is 17.4 Å². The van der Waals surface area contributed by atoms with Gasteiger partial charge in [0.2, 0.25) is 0 Å². The van der Waals surface area contributed by atoms with Crippen molar-refractivity contribution in [3.8, 4) is 22.3 Å². The van der Waals surface area contributed by atoms with Crippen LogP contribution in [0.2, 0.25) is 0 Å². The van der Waals surface area contributed by atoms with Gasteiger partial charge in [-0.15, -0.1) is 11.3 Å². The van der Waals surface area contributed by atoms with Gasteiger partial charge in [-0.2, -0.15) is 0 Å². The lowest BCUT2D eigenvalue weighted by atomic mass is 9.79. The number of para-hydroxylation sites is 1. The van der Waals surface area contributed by atoms with E-state index in [4.69, 9.17) is 4.42 Å². The molecule has 13 aromatic rings. The van der Waals surface area contributed by atoms with Crippen molar-refractivity contribution >= 4 is 114 Å². The van der Waals surface area contributed by atoms with Gasteiger partial charge in [0.05, 0.1) is 0 Å². The molecule has 3 aromatic heterocycles. The number of aromatic nitrogens is 1. The summed E-state index contributed by atoms with van der Waals surface area (Å²) in [6, 6.07) is 64.8. The number of rotatable bonds is 4. The quantitative estimate of drug-likeness (QED) is 0.180. The fourth-order valence-corrected chi connectivity index (χ4v) is 12.2. The zero-order chi connectivity index (χ0) is 40.1. The fourth-order valence-electron chi connectivity index (χ4n) is 11.0. The van der Waals surface area contributed by atoms with Crippen LogP contribution in [-0.2, 0) is 5.41 Å². The summed E-state index contributed by atoms with van der Waals surface area (Å²) in [4.78, 5) is 6.32. The van der Waals surface area contributed by atoms with Gasteiger partial charge < -0.3 is 14.3 Å². The minimum absolute atomic E-state index is 0.244. The van der Waals surface area contributed by atoms with Crippen molar-refractivity contribution in [3.63, 3.8) is 0 Å². The Morgan fingerprint density at radius 2 is 1.16 bits per heavy atom. The van der Waals surface area contributed by atoms with E-state index >= 15 is 0 Å². The predicted octanol–water partition coefficient (Wildman–Crippen LogP) is 16.8. The van der Waals surface area contributed by atoms with Crippen molar-refractivity contribution in [3.05, 3.63) is 187 Å². The number of aromatic amines is 1. The standard InChI is InChI=1S/C57H36N2OS/c1-57(2)47-29-36(22-24-39(47)45-30-48-53-42(55(45)57)25-26-43-54(53)49(58-48)31-46-41-14-6-8-17-52(41)61-56(43)46)59(35-23-27-51-44(28-35)40-13-5-7-16-50(40)60-51)34-20-18-33(19-21-34)38-15-9-11-32-10-3-4-12-37(32)38/h3-31,58H,1-2H3. The first-order valence-corrected chi connectivity index (χ1v) is 21.9. The summed E-state index contributed by atoms with van der Waals surface area (Å²) in [6.45, 7) is 4.83. The van der Waals surface area contributed by atoms with Crippen LogP contribution in [-0.4, -0.2) is 4.98 Å².